The molecule has 3 aromatic rings. The number of anilines is 1. The molecule has 6 nitrogen and oxygen atoms in total. The average molecular weight is 349 g/mol. The number of morpholine rings is 1. The molecule has 1 atom stereocenters. The number of rotatable bonds is 2. The second kappa shape index (κ2) is 6.36. The van der Waals surface area contributed by atoms with E-state index < -0.39 is 0 Å². The Morgan fingerprint density at radius 1 is 1.08 bits per heavy atom. The molecule has 0 aliphatic carbocycles. The van der Waals surface area contributed by atoms with E-state index in [0.717, 1.165) is 55.3 Å². The van der Waals surface area contributed by atoms with Crippen molar-refractivity contribution in [1.29, 1.82) is 0 Å². The van der Waals surface area contributed by atoms with E-state index >= 15 is 0 Å². The van der Waals surface area contributed by atoms with E-state index in [9.17, 15) is 0 Å². The minimum absolute atomic E-state index is 0.513. The smallest absolute Gasteiger partial charge is 0.225 e. The molecule has 2 aromatic heterocycles. The zero-order chi connectivity index (χ0) is 17.5. The summed E-state index contributed by atoms with van der Waals surface area (Å²) in [6.07, 6.45) is 7.38. The lowest BCUT2D eigenvalue weighted by Crippen LogP contribution is -2.37. The van der Waals surface area contributed by atoms with Crippen molar-refractivity contribution >= 4 is 17.0 Å². The first-order valence-electron chi connectivity index (χ1n) is 9.45. The highest BCUT2D eigenvalue weighted by atomic mass is 16.5. The topological polar surface area (TPSA) is 56.1 Å². The van der Waals surface area contributed by atoms with E-state index in [2.05, 4.69) is 44.6 Å². The molecule has 0 N–H and O–H groups in total. The summed E-state index contributed by atoms with van der Waals surface area (Å²) >= 11 is 0. The molecule has 0 unspecified atom stereocenters. The maximum absolute atomic E-state index is 5.40. The number of imidazole rings is 1. The Morgan fingerprint density at radius 3 is 2.69 bits per heavy atom. The Labute approximate surface area is 152 Å². The fourth-order valence-electron chi connectivity index (χ4n) is 4.07. The summed E-state index contributed by atoms with van der Waals surface area (Å²) in [5.74, 6) is 2.00. The standard InChI is InChI=1S/C20H23N5O/c1-14-3-2-4-19-23-17-6-5-15(11-18(17)25(14)19)16-12-21-20(22-13-16)24-7-9-26-10-8-24/h5-6,11-14H,2-4,7-10H2,1H3/t14-/m0/s1. The number of nitrogens with zero attached hydrogens (tertiary/aromatic N) is 5. The highest BCUT2D eigenvalue weighted by Gasteiger charge is 2.20. The van der Waals surface area contributed by atoms with Crippen LogP contribution < -0.4 is 4.90 Å². The molecule has 0 amide bonds. The monoisotopic (exact) mass is 349 g/mol. The highest BCUT2D eigenvalue weighted by molar-refractivity contribution is 5.82. The quantitative estimate of drug-likeness (QED) is 0.711. The van der Waals surface area contributed by atoms with Crippen LogP contribution in [0.1, 0.15) is 31.6 Å². The number of hydrogen-bond acceptors (Lipinski definition) is 5. The lowest BCUT2D eigenvalue weighted by Gasteiger charge is -2.26. The first kappa shape index (κ1) is 15.8. The van der Waals surface area contributed by atoms with E-state index in [1.54, 1.807) is 0 Å². The predicted octanol–water partition coefficient (Wildman–Crippen LogP) is 3.23. The third kappa shape index (κ3) is 2.65. The van der Waals surface area contributed by atoms with Crippen LogP contribution in [0.15, 0.2) is 30.6 Å². The molecule has 0 bridgehead atoms. The molecule has 0 spiro atoms. The van der Waals surface area contributed by atoms with Crippen LogP contribution in [0, 0.1) is 0 Å². The van der Waals surface area contributed by atoms with Gasteiger partial charge in [0.25, 0.3) is 0 Å². The molecule has 1 aromatic carbocycles. The molecule has 26 heavy (non-hydrogen) atoms. The SMILES string of the molecule is C[C@H]1CCCc2nc3ccc(-c4cnc(N5CCOCC5)nc4)cc3n21. The van der Waals surface area contributed by atoms with Crippen molar-refractivity contribution in [3.63, 3.8) is 0 Å². The van der Waals surface area contributed by atoms with Gasteiger partial charge in [0, 0.05) is 43.5 Å². The molecular formula is C20H23N5O. The number of aromatic nitrogens is 4. The van der Waals surface area contributed by atoms with Crippen molar-refractivity contribution in [1.82, 2.24) is 19.5 Å². The Kier molecular flexibility index (Phi) is 3.85. The van der Waals surface area contributed by atoms with Crippen LogP contribution in [0.5, 0.6) is 0 Å². The van der Waals surface area contributed by atoms with Crippen molar-refractivity contribution in [3.8, 4) is 11.1 Å². The summed E-state index contributed by atoms with van der Waals surface area (Å²) in [4.78, 5) is 16.2. The molecule has 134 valence electrons. The van der Waals surface area contributed by atoms with E-state index in [1.165, 1.54) is 24.2 Å². The van der Waals surface area contributed by atoms with Gasteiger partial charge in [0.1, 0.15) is 5.82 Å². The Hall–Kier alpha value is -2.47. The van der Waals surface area contributed by atoms with Crippen molar-refractivity contribution in [2.75, 3.05) is 31.2 Å². The van der Waals surface area contributed by atoms with Gasteiger partial charge in [-0.1, -0.05) is 6.07 Å². The maximum Gasteiger partial charge on any atom is 0.225 e. The van der Waals surface area contributed by atoms with Gasteiger partial charge in [0.05, 0.1) is 24.2 Å². The van der Waals surface area contributed by atoms with Gasteiger partial charge >= 0.3 is 0 Å². The summed E-state index contributed by atoms with van der Waals surface area (Å²) < 4.78 is 7.80. The van der Waals surface area contributed by atoms with E-state index in [-0.39, 0.29) is 0 Å². The summed E-state index contributed by atoms with van der Waals surface area (Å²) in [5.41, 5.74) is 4.50. The van der Waals surface area contributed by atoms with E-state index in [1.807, 2.05) is 12.4 Å². The van der Waals surface area contributed by atoms with Gasteiger partial charge in [0.15, 0.2) is 0 Å². The van der Waals surface area contributed by atoms with Crippen molar-refractivity contribution in [2.24, 2.45) is 0 Å². The van der Waals surface area contributed by atoms with E-state index in [0.29, 0.717) is 6.04 Å². The predicted molar refractivity (Wildman–Crippen MR) is 101 cm³/mol. The fraction of sp³-hybridized carbons (Fsp3) is 0.450. The van der Waals surface area contributed by atoms with Crippen LogP contribution in [0.3, 0.4) is 0 Å². The van der Waals surface area contributed by atoms with Gasteiger partial charge < -0.3 is 14.2 Å². The molecule has 2 aliphatic heterocycles. The number of aryl methyl sites for hydroxylation is 1. The Bertz CT molecular complexity index is 927. The second-order valence-electron chi connectivity index (χ2n) is 7.21. The van der Waals surface area contributed by atoms with Gasteiger partial charge in [0.2, 0.25) is 5.95 Å². The van der Waals surface area contributed by atoms with Gasteiger partial charge in [-0.2, -0.15) is 0 Å². The minimum Gasteiger partial charge on any atom is -0.378 e. The lowest BCUT2D eigenvalue weighted by molar-refractivity contribution is 0.122. The first-order valence-corrected chi connectivity index (χ1v) is 9.45. The average Bonchev–Trinajstić information content (AvgIpc) is 3.08. The Balaban J connectivity index is 1.49. The molecule has 1 fully saturated rings. The molecule has 1 saturated heterocycles. The fourth-order valence-corrected chi connectivity index (χ4v) is 4.07. The molecule has 0 radical (unpaired) electrons. The number of hydrogen-bond donors (Lipinski definition) is 0. The number of benzene rings is 1. The largest absolute Gasteiger partial charge is 0.378 e. The van der Waals surface area contributed by atoms with Crippen LogP contribution in [0.25, 0.3) is 22.2 Å². The third-order valence-electron chi connectivity index (χ3n) is 5.49. The van der Waals surface area contributed by atoms with Crippen LogP contribution >= 0.6 is 0 Å². The molecule has 5 rings (SSSR count). The van der Waals surface area contributed by atoms with Crippen LogP contribution in [0.2, 0.25) is 0 Å². The van der Waals surface area contributed by atoms with Gasteiger partial charge in [-0.3, -0.25) is 0 Å². The lowest BCUT2D eigenvalue weighted by atomic mass is 10.1. The third-order valence-corrected chi connectivity index (χ3v) is 5.49. The highest BCUT2D eigenvalue weighted by Crippen LogP contribution is 2.32. The van der Waals surface area contributed by atoms with Crippen molar-refractivity contribution in [2.45, 2.75) is 32.2 Å². The van der Waals surface area contributed by atoms with E-state index in [4.69, 9.17) is 9.72 Å². The van der Waals surface area contributed by atoms with Crippen molar-refractivity contribution in [3.05, 3.63) is 36.4 Å². The second-order valence-corrected chi connectivity index (χ2v) is 7.21. The molecular weight excluding hydrogens is 326 g/mol. The Morgan fingerprint density at radius 2 is 1.88 bits per heavy atom. The van der Waals surface area contributed by atoms with Gasteiger partial charge in [-0.05, 0) is 37.5 Å². The number of fused-ring (bicyclic) bond motifs is 3. The van der Waals surface area contributed by atoms with Crippen LogP contribution in [-0.2, 0) is 11.2 Å². The van der Waals surface area contributed by atoms with Crippen molar-refractivity contribution < 1.29 is 4.74 Å². The zero-order valence-corrected chi connectivity index (χ0v) is 15.1. The summed E-state index contributed by atoms with van der Waals surface area (Å²) in [7, 11) is 0. The summed E-state index contributed by atoms with van der Waals surface area (Å²) in [6.45, 7) is 5.48. The molecule has 4 heterocycles. The number of ether oxygens (including phenoxy) is 1. The molecule has 0 saturated carbocycles. The molecule has 6 heteroatoms. The first-order chi connectivity index (χ1) is 12.8. The van der Waals surface area contributed by atoms with Crippen LogP contribution in [-0.4, -0.2) is 45.8 Å². The minimum atomic E-state index is 0.513. The zero-order valence-electron chi connectivity index (χ0n) is 15.1. The van der Waals surface area contributed by atoms with Gasteiger partial charge in [-0.25, -0.2) is 15.0 Å². The molecule has 2 aliphatic rings. The summed E-state index contributed by atoms with van der Waals surface area (Å²) in [5, 5.41) is 0. The van der Waals surface area contributed by atoms with Gasteiger partial charge in [-0.15, -0.1) is 0 Å². The normalized spacial score (nSPS) is 20.3. The maximum atomic E-state index is 5.40. The van der Waals surface area contributed by atoms with Crippen LogP contribution in [0.4, 0.5) is 5.95 Å². The summed E-state index contributed by atoms with van der Waals surface area (Å²) in [6, 6.07) is 7.00.